The number of hydrogen-bond acceptors (Lipinski definition) is 3. The van der Waals surface area contributed by atoms with Gasteiger partial charge in [0.15, 0.2) is 0 Å². The van der Waals surface area contributed by atoms with Crippen molar-refractivity contribution in [3.63, 3.8) is 0 Å². The molecule has 0 saturated heterocycles. The van der Waals surface area contributed by atoms with Crippen LogP contribution in [0, 0.1) is 13.8 Å². The maximum atomic E-state index is 4.93. The summed E-state index contributed by atoms with van der Waals surface area (Å²) in [4.78, 5) is 7.50. The minimum atomic E-state index is 0.698. The summed E-state index contributed by atoms with van der Waals surface area (Å²) in [6.07, 6.45) is 8.10. The van der Waals surface area contributed by atoms with Crippen molar-refractivity contribution in [2.45, 2.75) is 77.9 Å². The second-order valence-electron chi connectivity index (χ2n) is 6.76. The minimum absolute atomic E-state index is 0.698. The van der Waals surface area contributed by atoms with E-state index in [1.807, 2.05) is 0 Å². The zero-order chi connectivity index (χ0) is 14.8. The number of pyridine rings is 1. The third kappa shape index (κ3) is 3.39. The maximum Gasteiger partial charge on any atom is 0.133 e. The predicted molar refractivity (Wildman–Crippen MR) is 88.8 cm³/mol. The predicted octanol–water partition coefficient (Wildman–Crippen LogP) is 3.72. The van der Waals surface area contributed by atoms with Crippen molar-refractivity contribution in [1.29, 1.82) is 0 Å². The molecule has 2 fully saturated rings. The number of nitrogens with zero attached hydrogens (tertiary/aromatic N) is 2. The minimum Gasteiger partial charge on any atom is -0.354 e. The lowest BCUT2D eigenvalue weighted by molar-refractivity contribution is 0.602. The van der Waals surface area contributed by atoms with Gasteiger partial charge in [-0.3, -0.25) is 0 Å². The molecule has 1 N–H and O–H groups in total. The Hall–Kier alpha value is -1.09. The summed E-state index contributed by atoms with van der Waals surface area (Å²) in [6, 6.07) is 3.68. The number of anilines is 1. The molecule has 0 unspecified atom stereocenters. The molecule has 2 aliphatic rings. The molecule has 3 rings (SSSR count). The molecule has 0 atom stereocenters. The number of rotatable bonds is 6. The molecular formula is C18H29N3. The number of aryl methyl sites for hydroxylation is 2. The monoisotopic (exact) mass is 287 g/mol. The van der Waals surface area contributed by atoms with Crippen LogP contribution >= 0.6 is 0 Å². The van der Waals surface area contributed by atoms with Crippen molar-refractivity contribution < 1.29 is 0 Å². The van der Waals surface area contributed by atoms with Crippen molar-refractivity contribution in [2.24, 2.45) is 0 Å². The molecule has 0 bridgehead atoms. The molecule has 3 heteroatoms. The van der Waals surface area contributed by atoms with Crippen LogP contribution < -0.4 is 10.2 Å². The molecule has 0 aromatic carbocycles. The first kappa shape index (κ1) is 14.8. The van der Waals surface area contributed by atoms with E-state index in [1.54, 1.807) is 0 Å². The van der Waals surface area contributed by atoms with E-state index in [9.17, 15) is 0 Å². The molecule has 0 radical (unpaired) electrons. The molecule has 2 aliphatic carbocycles. The first-order chi connectivity index (χ1) is 10.2. The standard InChI is InChI=1S/C18H29N3/c1-4-21(16-7-5-6-8-16)18-17(12-19-15-9-10-15)13(2)11-14(3)20-18/h11,15-16,19H,4-10,12H2,1-3H3. The summed E-state index contributed by atoms with van der Waals surface area (Å²) in [5.74, 6) is 1.25. The van der Waals surface area contributed by atoms with Crippen molar-refractivity contribution in [1.82, 2.24) is 10.3 Å². The van der Waals surface area contributed by atoms with Gasteiger partial charge in [-0.25, -0.2) is 4.98 Å². The summed E-state index contributed by atoms with van der Waals surface area (Å²) >= 11 is 0. The van der Waals surface area contributed by atoms with Gasteiger partial charge < -0.3 is 10.2 Å². The van der Waals surface area contributed by atoms with Gasteiger partial charge in [-0.15, -0.1) is 0 Å². The van der Waals surface area contributed by atoms with Gasteiger partial charge in [0.2, 0.25) is 0 Å². The van der Waals surface area contributed by atoms with Gasteiger partial charge >= 0.3 is 0 Å². The zero-order valence-corrected chi connectivity index (χ0v) is 13.8. The third-order valence-corrected chi connectivity index (χ3v) is 4.98. The largest absolute Gasteiger partial charge is 0.354 e. The highest BCUT2D eigenvalue weighted by Gasteiger charge is 2.26. The topological polar surface area (TPSA) is 28.2 Å². The fraction of sp³-hybridized carbons (Fsp3) is 0.722. The number of aromatic nitrogens is 1. The Morgan fingerprint density at radius 2 is 1.90 bits per heavy atom. The fourth-order valence-electron chi connectivity index (χ4n) is 3.63. The number of nitrogens with one attached hydrogen (secondary N) is 1. The van der Waals surface area contributed by atoms with Crippen LogP contribution in [0.15, 0.2) is 6.07 Å². The van der Waals surface area contributed by atoms with E-state index in [0.29, 0.717) is 6.04 Å². The average molecular weight is 287 g/mol. The van der Waals surface area contributed by atoms with E-state index in [1.165, 1.54) is 55.5 Å². The lowest BCUT2D eigenvalue weighted by Gasteiger charge is -2.31. The molecule has 116 valence electrons. The van der Waals surface area contributed by atoms with E-state index >= 15 is 0 Å². The van der Waals surface area contributed by atoms with E-state index in [4.69, 9.17) is 4.98 Å². The fourth-order valence-corrected chi connectivity index (χ4v) is 3.63. The van der Waals surface area contributed by atoms with Crippen LogP contribution in [0.25, 0.3) is 0 Å². The molecule has 1 heterocycles. The van der Waals surface area contributed by atoms with Crippen LogP contribution in [0.4, 0.5) is 5.82 Å². The molecule has 1 aromatic heterocycles. The van der Waals surface area contributed by atoms with Crippen LogP contribution in [0.5, 0.6) is 0 Å². The summed E-state index contributed by atoms with van der Waals surface area (Å²) in [7, 11) is 0. The summed E-state index contributed by atoms with van der Waals surface area (Å²) < 4.78 is 0. The van der Waals surface area contributed by atoms with Gasteiger partial charge in [0.1, 0.15) is 5.82 Å². The summed E-state index contributed by atoms with van der Waals surface area (Å²) in [5.41, 5.74) is 3.96. The molecule has 2 saturated carbocycles. The van der Waals surface area contributed by atoms with Crippen LogP contribution in [0.1, 0.15) is 62.3 Å². The summed E-state index contributed by atoms with van der Waals surface area (Å²) in [6.45, 7) is 8.68. The van der Waals surface area contributed by atoms with E-state index in [2.05, 4.69) is 37.1 Å². The van der Waals surface area contributed by atoms with Crippen molar-refractivity contribution in [3.8, 4) is 0 Å². The number of hydrogen-bond donors (Lipinski definition) is 1. The van der Waals surface area contributed by atoms with Crippen LogP contribution in [-0.2, 0) is 6.54 Å². The molecule has 0 aliphatic heterocycles. The highest BCUT2D eigenvalue weighted by atomic mass is 15.2. The van der Waals surface area contributed by atoms with Gasteiger partial charge in [-0.2, -0.15) is 0 Å². The average Bonchev–Trinajstić information content (AvgIpc) is 3.12. The zero-order valence-electron chi connectivity index (χ0n) is 13.8. The Balaban J connectivity index is 1.88. The Bertz CT molecular complexity index is 487. The second kappa shape index (κ2) is 6.35. The summed E-state index contributed by atoms with van der Waals surface area (Å²) in [5, 5.41) is 3.68. The van der Waals surface area contributed by atoms with Gasteiger partial charge in [0, 0.05) is 36.4 Å². The molecule has 3 nitrogen and oxygen atoms in total. The van der Waals surface area contributed by atoms with Crippen LogP contribution in [0.3, 0.4) is 0 Å². The van der Waals surface area contributed by atoms with E-state index in [-0.39, 0.29) is 0 Å². The molecule has 0 amide bonds. The van der Waals surface area contributed by atoms with E-state index < -0.39 is 0 Å². The maximum absolute atomic E-state index is 4.93. The Morgan fingerprint density at radius 3 is 2.52 bits per heavy atom. The Morgan fingerprint density at radius 1 is 1.19 bits per heavy atom. The van der Waals surface area contributed by atoms with Crippen molar-refractivity contribution in [3.05, 3.63) is 22.9 Å². The molecular weight excluding hydrogens is 258 g/mol. The Labute approximate surface area is 129 Å². The normalized spacial score (nSPS) is 19.2. The second-order valence-corrected chi connectivity index (χ2v) is 6.76. The van der Waals surface area contributed by atoms with Crippen molar-refractivity contribution >= 4 is 5.82 Å². The quantitative estimate of drug-likeness (QED) is 0.864. The molecule has 0 spiro atoms. The van der Waals surface area contributed by atoms with Gasteiger partial charge in [0.05, 0.1) is 0 Å². The van der Waals surface area contributed by atoms with Crippen molar-refractivity contribution in [2.75, 3.05) is 11.4 Å². The van der Waals surface area contributed by atoms with E-state index in [0.717, 1.165) is 24.8 Å². The third-order valence-electron chi connectivity index (χ3n) is 4.98. The lowest BCUT2D eigenvalue weighted by atomic mass is 10.1. The molecule has 1 aromatic rings. The van der Waals surface area contributed by atoms with Gasteiger partial charge in [-0.05, 0) is 58.1 Å². The first-order valence-corrected chi connectivity index (χ1v) is 8.66. The highest BCUT2D eigenvalue weighted by molar-refractivity contribution is 5.52. The lowest BCUT2D eigenvalue weighted by Crippen LogP contribution is -2.35. The molecule has 21 heavy (non-hydrogen) atoms. The smallest absolute Gasteiger partial charge is 0.133 e. The van der Waals surface area contributed by atoms with Gasteiger partial charge in [-0.1, -0.05) is 12.8 Å². The Kier molecular flexibility index (Phi) is 4.48. The SMILES string of the molecule is CCN(c1nc(C)cc(C)c1CNC1CC1)C1CCCC1. The highest BCUT2D eigenvalue weighted by Crippen LogP contribution is 2.31. The van der Waals surface area contributed by atoms with Gasteiger partial charge in [0.25, 0.3) is 0 Å². The van der Waals surface area contributed by atoms with Crippen LogP contribution in [-0.4, -0.2) is 23.6 Å². The first-order valence-electron chi connectivity index (χ1n) is 8.66. The van der Waals surface area contributed by atoms with Crippen LogP contribution in [0.2, 0.25) is 0 Å².